The van der Waals surface area contributed by atoms with E-state index in [2.05, 4.69) is 4.98 Å². The third kappa shape index (κ3) is 2.03. The molecule has 0 fully saturated rings. The highest BCUT2D eigenvalue weighted by atomic mass is 35.5. The van der Waals surface area contributed by atoms with Gasteiger partial charge < -0.3 is 9.52 Å². The van der Waals surface area contributed by atoms with Crippen LogP contribution in [0.25, 0.3) is 11.3 Å². The molecule has 0 bridgehead atoms. The summed E-state index contributed by atoms with van der Waals surface area (Å²) in [5, 5.41) is 9.54. The van der Waals surface area contributed by atoms with Gasteiger partial charge in [-0.15, -0.1) is 0 Å². The molecule has 4 heteroatoms. The first-order valence-electron chi connectivity index (χ1n) is 4.54. The summed E-state index contributed by atoms with van der Waals surface area (Å²) in [5.74, 6) is 0.976. The molecule has 1 aromatic carbocycles. The van der Waals surface area contributed by atoms with Crippen molar-refractivity contribution in [3.05, 3.63) is 40.9 Å². The quantitative estimate of drug-likeness (QED) is 0.852. The van der Waals surface area contributed by atoms with Crippen molar-refractivity contribution in [2.45, 2.75) is 13.5 Å². The highest BCUT2D eigenvalue weighted by Crippen LogP contribution is 2.26. The maximum Gasteiger partial charge on any atom is 0.220 e. The van der Waals surface area contributed by atoms with Crippen LogP contribution in [0.5, 0.6) is 0 Å². The second-order valence-corrected chi connectivity index (χ2v) is 3.63. The summed E-state index contributed by atoms with van der Waals surface area (Å²) in [4.78, 5) is 4.08. The van der Waals surface area contributed by atoms with Crippen LogP contribution in [0.1, 0.15) is 11.6 Å². The molecule has 0 saturated heterocycles. The Bertz CT molecular complexity index is 479. The third-order valence-electron chi connectivity index (χ3n) is 2.06. The number of hydrogen-bond donors (Lipinski definition) is 1. The molecule has 0 spiro atoms. The largest absolute Gasteiger partial charge is 0.438 e. The average molecular weight is 224 g/mol. The number of rotatable bonds is 2. The first-order valence-corrected chi connectivity index (χ1v) is 4.91. The Morgan fingerprint density at radius 1 is 1.47 bits per heavy atom. The van der Waals surface area contributed by atoms with E-state index < -0.39 is 0 Å². The molecule has 0 aliphatic heterocycles. The monoisotopic (exact) mass is 223 g/mol. The van der Waals surface area contributed by atoms with Crippen LogP contribution >= 0.6 is 11.6 Å². The molecule has 0 aliphatic rings. The van der Waals surface area contributed by atoms with Crippen LogP contribution in [0, 0.1) is 6.92 Å². The molecule has 3 nitrogen and oxygen atoms in total. The van der Waals surface area contributed by atoms with Gasteiger partial charge in [-0.25, -0.2) is 4.98 Å². The Morgan fingerprint density at radius 3 is 2.87 bits per heavy atom. The van der Waals surface area contributed by atoms with E-state index in [9.17, 15) is 0 Å². The van der Waals surface area contributed by atoms with E-state index in [1.165, 1.54) is 0 Å². The molecular weight excluding hydrogens is 214 g/mol. The summed E-state index contributed by atoms with van der Waals surface area (Å²) in [6, 6.07) is 7.33. The van der Waals surface area contributed by atoms with E-state index in [1.807, 2.05) is 19.1 Å². The van der Waals surface area contributed by atoms with Crippen LogP contribution in [-0.2, 0) is 6.61 Å². The lowest BCUT2D eigenvalue weighted by Gasteiger charge is -1.97. The first-order chi connectivity index (χ1) is 7.20. The molecular formula is C11H10ClNO2. The van der Waals surface area contributed by atoms with Crippen molar-refractivity contribution >= 4 is 11.6 Å². The lowest BCUT2D eigenvalue weighted by molar-refractivity contribution is 0.241. The molecule has 0 unspecified atom stereocenters. The van der Waals surface area contributed by atoms with Gasteiger partial charge in [0.2, 0.25) is 5.89 Å². The zero-order chi connectivity index (χ0) is 10.8. The van der Waals surface area contributed by atoms with Crippen molar-refractivity contribution in [1.29, 1.82) is 0 Å². The van der Waals surface area contributed by atoms with Crippen LogP contribution in [-0.4, -0.2) is 10.1 Å². The van der Waals surface area contributed by atoms with Crippen molar-refractivity contribution in [1.82, 2.24) is 4.98 Å². The number of aromatic nitrogens is 1. The molecule has 78 valence electrons. The van der Waals surface area contributed by atoms with Crippen LogP contribution in [0.2, 0.25) is 5.02 Å². The van der Waals surface area contributed by atoms with Gasteiger partial charge in [-0.1, -0.05) is 23.7 Å². The molecule has 0 amide bonds. The van der Waals surface area contributed by atoms with Crippen molar-refractivity contribution in [3.63, 3.8) is 0 Å². The van der Waals surface area contributed by atoms with Crippen molar-refractivity contribution < 1.29 is 9.52 Å². The minimum atomic E-state index is -0.193. The predicted octanol–water partition coefficient (Wildman–Crippen LogP) is 2.80. The topological polar surface area (TPSA) is 46.3 Å². The maximum absolute atomic E-state index is 8.89. The SMILES string of the molecule is Cc1nc(CO)oc1-c1cccc(Cl)c1. The predicted molar refractivity (Wildman–Crippen MR) is 57.6 cm³/mol. The Labute approximate surface area is 92.3 Å². The van der Waals surface area contributed by atoms with E-state index in [0.29, 0.717) is 16.7 Å². The number of aryl methyl sites for hydroxylation is 1. The van der Waals surface area contributed by atoms with Crippen LogP contribution in [0.15, 0.2) is 28.7 Å². The summed E-state index contributed by atoms with van der Waals surface area (Å²) in [6.45, 7) is 1.64. The van der Waals surface area contributed by atoms with E-state index >= 15 is 0 Å². The zero-order valence-corrected chi connectivity index (χ0v) is 8.95. The smallest absolute Gasteiger partial charge is 0.220 e. The number of nitrogens with zero attached hydrogens (tertiary/aromatic N) is 1. The minimum absolute atomic E-state index is 0.193. The standard InChI is InChI=1S/C11H10ClNO2/c1-7-11(15-10(6-14)13-7)8-3-2-4-9(12)5-8/h2-5,14H,6H2,1H3. The number of halogens is 1. The molecule has 2 aromatic rings. The molecule has 0 aliphatic carbocycles. The maximum atomic E-state index is 8.89. The number of aliphatic hydroxyl groups excluding tert-OH is 1. The lowest BCUT2D eigenvalue weighted by atomic mass is 10.1. The summed E-state index contributed by atoms with van der Waals surface area (Å²) in [6.07, 6.45) is 0. The third-order valence-corrected chi connectivity index (χ3v) is 2.30. The highest BCUT2D eigenvalue weighted by Gasteiger charge is 2.10. The summed E-state index contributed by atoms with van der Waals surface area (Å²) < 4.78 is 5.38. The van der Waals surface area contributed by atoms with Crippen LogP contribution in [0.4, 0.5) is 0 Å². The second-order valence-electron chi connectivity index (χ2n) is 3.19. The average Bonchev–Trinajstić information content (AvgIpc) is 2.60. The molecule has 15 heavy (non-hydrogen) atoms. The molecule has 0 atom stereocenters. The van der Waals surface area contributed by atoms with Gasteiger partial charge in [0, 0.05) is 10.6 Å². The van der Waals surface area contributed by atoms with Gasteiger partial charge in [-0.2, -0.15) is 0 Å². The Morgan fingerprint density at radius 2 is 2.27 bits per heavy atom. The minimum Gasteiger partial charge on any atom is -0.438 e. The van der Waals surface area contributed by atoms with Gasteiger partial charge in [-0.05, 0) is 19.1 Å². The Hall–Kier alpha value is -1.32. The first kappa shape index (κ1) is 10.2. The molecule has 1 aromatic heterocycles. The normalized spacial score (nSPS) is 10.6. The van der Waals surface area contributed by atoms with Gasteiger partial charge >= 0.3 is 0 Å². The van der Waals surface area contributed by atoms with Crippen molar-refractivity contribution in [3.8, 4) is 11.3 Å². The number of oxazole rings is 1. The van der Waals surface area contributed by atoms with Crippen molar-refractivity contribution in [2.24, 2.45) is 0 Å². The molecule has 2 rings (SSSR count). The number of aliphatic hydroxyl groups is 1. The van der Waals surface area contributed by atoms with E-state index in [-0.39, 0.29) is 6.61 Å². The van der Waals surface area contributed by atoms with Gasteiger partial charge in [0.05, 0.1) is 5.69 Å². The highest BCUT2D eigenvalue weighted by molar-refractivity contribution is 6.30. The van der Waals surface area contributed by atoms with E-state index in [4.69, 9.17) is 21.1 Å². The second kappa shape index (κ2) is 4.04. The summed E-state index contributed by atoms with van der Waals surface area (Å²) in [7, 11) is 0. The van der Waals surface area contributed by atoms with Gasteiger partial charge in [0.15, 0.2) is 5.76 Å². The van der Waals surface area contributed by atoms with Gasteiger partial charge in [0.1, 0.15) is 6.61 Å². The lowest BCUT2D eigenvalue weighted by Crippen LogP contribution is -1.80. The summed E-state index contributed by atoms with van der Waals surface area (Å²) in [5.41, 5.74) is 1.62. The van der Waals surface area contributed by atoms with E-state index in [1.54, 1.807) is 12.1 Å². The number of hydrogen-bond acceptors (Lipinski definition) is 3. The Balaban J connectivity index is 2.48. The zero-order valence-electron chi connectivity index (χ0n) is 8.20. The van der Waals surface area contributed by atoms with E-state index in [0.717, 1.165) is 11.3 Å². The fourth-order valence-corrected chi connectivity index (χ4v) is 1.61. The summed E-state index contributed by atoms with van der Waals surface area (Å²) >= 11 is 5.88. The molecule has 1 N–H and O–H groups in total. The van der Waals surface area contributed by atoms with Gasteiger partial charge in [0.25, 0.3) is 0 Å². The molecule has 1 heterocycles. The number of benzene rings is 1. The van der Waals surface area contributed by atoms with Crippen LogP contribution in [0.3, 0.4) is 0 Å². The van der Waals surface area contributed by atoms with Crippen LogP contribution < -0.4 is 0 Å². The van der Waals surface area contributed by atoms with Crippen molar-refractivity contribution in [2.75, 3.05) is 0 Å². The molecule has 0 radical (unpaired) electrons. The fourth-order valence-electron chi connectivity index (χ4n) is 1.42. The molecule has 0 saturated carbocycles. The fraction of sp³-hybridized carbons (Fsp3) is 0.182. The van der Waals surface area contributed by atoms with Gasteiger partial charge in [-0.3, -0.25) is 0 Å². The Kier molecular flexibility index (Phi) is 2.75.